The molecule has 0 aromatic rings. The smallest absolute Gasteiger partial charge is 0.309 e. The van der Waals surface area contributed by atoms with Crippen LogP contribution in [-0.4, -0.2) is 36.0 Å². The van der Waals surface area contributed by atoms with Gasteiger partial charge in [0.25, 0.3) is 0 Å². The average Bonchev–Trinajstić information content (AvgIpc) is 2.95. The molecule has 1 heterocycles. The van der Waals surface area contributed by atoms with Crippen LogP contribution in [0, 0.1) is 11.8 Å². The van der Waals surface area contributed by atoms with Gasteiger partial charge in [-0.2, -0.15) is 0 Å². The Kier molecular flexibility index (Phi) is 3.22. The predicted molar refractivity (Wildman–Crippen MR) is 57.8 cm³/mol. The van der Waals surface area contributed by atoms with Crippen LogP contribution in [0.1, 0.15) is 33.1 Å². The molecule has 2 fully saturated rings. The van der Waals surface area contributed by atoms with Crippen molar-refractivity contribution < 1.29 is 19.4 Å². The Morgan fingerprint density at radius 1 is 1.69 bits per heavy atom. The number of aliphatic hydroxyl groups excluding tert-OH is 1. The molecule has 0 aromatic carbocycles. The number of epoxide rings is 1. The summed E-state index contributed by atoms with van der Waals surface area (Å²) in [5, 5.41) is 8.83. The summed E-state index contributed by atoms with van der Waals surface area (Å²) in [5.41, 5.74) is 0.0508. The van der Waals surface area contributed by atoms with Gasteiger partial charge >= 0.3 is 5.97 Å². The Hall–Kier alpha value is -0.610. The van der Waals surface area contributed by atoms with E-state index in [0.29, 0.717) is 6.61 Å². The van der Waals surface area contributed by atoms with Crippen LogP contribution in [0.25, 0.3) is 0 Å². The van der Waals surface area contributed by atoms with Crippen molar-refractivity contribution in [3.63, 3.8) is 0 Å². The zero-order chi connectivity index (χ0) is 11.8. The third kappa shape index (κ3) is 2.38. The molecule has 4 atom stereocenters. The second kappa shape index (κ2) is 4.34. The van der Waals surface area contributed by atoms with E-state index in [9.17, 15) is 4.79 Å². The van der Waals surface area contributed by atoms with Gasteiger partial charge in [0.15, 0.2) is 0 Å². The highest BCUT2D eigenvalue weighted by atomic mass is 16.6. The number of ether oxygens (including phenoxy) is 2. The zero-order valence-electron chi connectivity index (χ0n) is 9.94. The lowest BCUT2D eigenvalue weighted by Gasteiger charge is -2.21. The van der Waals surface area contributed by atoms with Crippen LogP contribution in [0.2, 0.25) is 0 Å². The van der Waals surface area contributed by atoms with E-state index in [1.165, 1.54) is 0 Å². The van der Waals surface area contributed by atoms with Crippen LogP contribution in [0.4, 0.5) is 0 Å². The van der Waals surface area contributed by atoms with Crippen molar-refractivity contribution in [3.8, 4) is 0 Å². The molecule has 4 unspecified atom stereocenters. The molecule has 0 spiro atoms. The Labute approximate surface area is 95.9 Å². The van der Waals surface area contributed by atoms with Gasteiger partial charge in [0, 0.05) is 12.5 Å². The van der Waals surface area contributed by atoms with Crippen molar-refractivity contribution in [1.29, 1.82) is 0 Å². The number of hydrogen-bond donors (Lipinski definition) is 1. The molecule has 2 rings (SSSR count). The lowest BCUT2D eigenvalue weighted by molar-refractivity contribution is -0.151. The Balaban J connectivity index is 1.74. The van der Waals surface area contributed by atoms with Crippen molar-refractivity contribution in [2.75, 3.05) is 13.2 Å². The molecule has 4 heteroatoms. The number of hydrogen-bond acceptors (Lipinski definition) is 4. The summed E-state index contributed by atoms with van der Waals surface area (Å²) in [6.07, 6.45) is 2.86. The number of fused-ring (bicyclic) bond motifs is 1. The van der Waals surface area contributed by atoms with Gasteiger partial charge in [0.2, 0.25) is 0 Å². The minimum absolute atomic E-state index is 0.00790. The van der Waals surface area contributed by atoms with Gasteiger partial charge in [-0.25, -0.2) is 0 Å². The van der Waals surface area contributed by atoms with Crippen LogP contribution in [0.15, 0.2) is 0 Å². The normalized spacial score (nSPS) is 38.7. The fourth-order valence-corrected chi connectivity index (χ4v) is 2.25. The quantitative estimate of drug-likeness (QED) is 0.578. The van der Waals surface area contributed by atoms with E-state index in [2.05, 4.69) is 6.92 Å². The molecule has 1 aliphatic heterocycles. The van der Waals surface area contributed by atoms with Gasteiger partial charge in [0.05, 0.1) is 24.2 Å². The van der Waals surface area contributed by atoms with E-state index in [1.807, 2.05) is 6.92 Å². The first kappa shape index (κ1) is 11.9. The summed E-state index contributed by atoms with van der Waals surface area (Å²) in [7, 11) is 0. The van der Waals surface area contributed by atoms with E-state index in [1.54, 1.807) is 0 Å². The van der Waals surface area contributed by atoms with Crippen LogP contribution < -0.4 is 0 Å². The second-order valence-electron chi connectivity index (χ2n) is 5.31. The molecule has 1 saturated heterocycles. The third-order valence-corrected chi connectivity index (χ3v) is 3.68. The van der Waals surface area contributed by atoms with Crippen LogP contribution in [0.5, 0.6) is 0 Å². The molecule has 16 heavy (non-hydrogen) atoms. The van der Waals surface area contributed by atoms with Crippen molar-refractivity contribution in [1.82, 2.24) is 0 Å². The molecule has 1 saturated carbocycles. The first-order valence-electron chi connectivity index (χ1n) is 6.00. The summed E-state index contributed by atoms with van der Waals surface area (Å²) in [4.78, 5) is 11.7. The lowest BCUT2D eigenvalue weighted by Crippen LogP contribution is -2.29. The monoisotopic (exact) mass is 228 g/mol. The maximum absolute atomic E-state index is 11.7. The van der Waals surface area contributed by atoms with Crippen LogP contribution >= 0.6 is 0 Å². The maximum atomic E-state index is 11.7. The van der Waals surface area contributed by atoms with Crippen molar-refractivity contribution >= 4 is 5.97 Å². The van der Waals surface area contributed by atoms with E-state index < -0.39 is 0 Å². The summed E-state index contributed by atoms with van der Waals surface area (Å²) in [6.45, 7) is 4.33. The van der Waals surface area contributed by atoms with Crippen molar-refractivity contribution in [3.05, 3.63) is 0 Å². The lowest BCUT2D eigenvalue weighted by atomic mass is 9.83. The molecular formula is C12H20O4. The van der Waals surface area contributed by atoms with Crippen LogP contribution in [0.3, 0.4) is 0 Å². The number of aliphatic hydroxyl groups is 1. The third-order valence-electron chi connectivity index (χ3n) is 3.68. The molecular weight excluding hydrogens is 208 g/mol. The Morgan fingerprint density at radius 3 is 3.06 bits per heavy atom. The zero-order valence-corrected chi connectivity index (χ0v) is 9.94. The van der Waals surface area contributed by atoms with Crippen LogP contribution in [-0.2, 0) is 14.3 Å². The molecule has 1 aliphatic carbocycles. The van der Waals surface area contributed by atoms with Crippen molar-refractivity contribution in [2.45, 2.75) is 44.8 Å². The van der Waals surface area contributed by atoms with E-state index >= 15 is 0 Å². The Morgan fingerprint density at radius 2 is 2.44 bits per heavy atom. The second-order valence-corrected chi connectivity index (χ2v) is 5.31. The number of esters is 1. The fourth-order valence-electron chi connectivity index (χ4n) is 2.25. The highest BCUT2D eigenvalue weighted by Gasteiger charge is 2.56. The summed E-state index contributed by atoms with van der Waals surface area (Å²) >= 11 is 0. The summed E-state index contributed by atoms with van der Waals surface area (Å²) < 4.78 is 10.7. The minimum Gasteiger partial charge on any atom is -0.465 e. The SMILES string of the molecule is CC(CO)COC(=O)C1CCC2(C)OC2C1. The molecule has 0 radical (unpaired) electrons. The highest BCUT2D eigenvalue weighted by Crippen LogP contribution is 2.49. The molecule has 92 valence electrons. The number of rotatable bonds is 4. The minimum atomic E-state index is -0.127. The first-order chi connectivity index (χ1) is 7.55. The van der Waals surface area contributed by atoms with Crippen molar-refractivity contribution in [2.24, 2.45) is 11.8 Å². The first-order valence-corrected chi connectivity index (χ1v) is 6.00. The largest absolute Gasteiger partial charge is 0.465 e. The van der Waals surface area contributed by atoms with E-state index in [4.69, 9.17) is 14.6 Å². The van der Waals surface area contributed by atoms with Gasteiger partial charge in [0.1, 0.15) is 0 Å². The highest BCUT2D eigenvalue weighted by molar-refractivity contribution is 5.72. The van der Waals surface area contributed by atoms with Gasteiger partial charge in [-0.3, -0.25) is 4.79 Å². The summed E-state index contributed by atoms with van der Waals surface area (Å²) in [5.74, 6) is -0.112. The maximum Gasteiger partial charge on any atom is 0.309 e. The molecule has 0 amide bonds. The van der Waals surface area contributed by atoms with E-state index in [-0.39, 0.29) is 36.1 Å². The molecule has 0 bridgehead atoms. The van der Waals surface area contributed by atoms with Gasteiger partial charge < -0.3 is 14.6 Å². The van der Waals surface area contributed by atoms with E-state index in [0.717, 1.165) is 19.3 Å². The fraction of sp³-hybridized carbons (Fsp3) is 0.917. The standard InChI is InChI=1S/C12H20O4/c1-8(6-13)7-15-11(14)9-3-4-12(2)10(5-9)16-12/h8-10,13H,3-7H2,1-2H3. The Bertz CT molecular complexity index is 278. The number of carbonyl (C=O) groups excluding carboxylic acids is 1. The summed E-state index contributed by atoms with van der Waals surface area (Å²) in [6, 6.07) is 0. The topological polar surface area (TPSA) is 59.1 Å². The van der Waals surface area contributed by atoms with Gasteiger partial charge in [-0.1, -0.05) is 6.92 Å². The molecule has 1 N–H and O–H groups in total. The van der Waals surface area contributed by atoms with Gasteiger partial charge in [-0.15, -0.1) is 0 Å². The number of carbonyl (C=O) groups is 1. The predicted octanol–water partition coefficient (Wildman–Crippen LogP) is 1.12. The average molecular weight is 228 g/mol. The van der Waals surface area contributed by atoms with Gasteiger partial charge in [-0.05, 0) is 26.2 Å². The molecule has 2 aliphatic rings. The molecule has 0 aromatic heterocycles. The molecule has 4 nitrogen and oxygen atoms in total.